The van der Waals surface area contributed by atoms with E-state index in [4.69, 9.17) is 4.74 Å². The van der Waals surface area contributed by atoms with Crippen molar-refractivity contribution in [1.29, 1.82) is 0 Å². The number of aromatic amines is 1. The lowest BCUT2D eigenvalue weighted by atomic mass is 10.2. The second-order valence-electron chi connectivity index (χ2n) is 4.91. The largest absolute Gasteiger partial charge is 0.490 e. The number of rotatable bonds is 8. The van der Waals surface area contributed by atoms with Crippen LogP contribution in [0.3, 0.4) is 0 Å². The Morgan fingerprint density at radius 1 is 1.40 bits per heavy atom. The highest BCUT2D eigenvalue weighted by molar-refractivity contribution is 7.98. The number of thioether (sulfide) groups is 1. The molecule has 0 spiro atoms. The first-order valence-electron chi connectivity index (χ1n) is 6.75. The Kier molecular flexibility index (Phi) is 5.76. The van der Waals surface area contributed by atoms with Crippen molar-refractivity contribution in [3.8, 4) is 5.75 Å². The fourth-order valence-corrected chi connectivity index (χ4v) is 2.61. The van der Waals surface area contributed by atoms with Crippen molar-refractivity contribution < 1.29 is 9.84 Å². The van der Waals surface area contributed by atoms with Crippen LogP contribution in [0.5, 0.6) is 5.75 Å². The molecule has 1 aromatic carbocycles. The standard InChI is InChI=1S/C15H22N2O2S/c1-17(8-9-20-2)10-12(18)11-19-15-5-3-4-14-13(15)6-7-16-14/h3-7,12,16,18H,8-11H2,1-2H3. The summed E-state index contributed by atoms with van der Waals surface area (Å²) in [6.07, 6.45) is 3.51. The fraction of sp³-hybridized carbons (Fsp3) is 0.467. The van der Waals surface area contributed by atoms with E-state index in [1.165, 1.54) is 0 Å². The normalized spacial score (nSPS) is 13.0. The average Bonchev–Trinajstić information content (AvgIpc) is 2.91. The van der Waals surface area contributed by atoms with Crippen LogP contribution in [0.15, 0.2) is 30.5 Å². The van der Waals surface area contributed by atoms with Gasteiger partial charge < -0.3 is 19.7 Å². The molecule has 0 aliphatic carbocycles. The zero-order valence-corrected chi connectivity index (χ0v) is 12.8. The van der Waals surface area contributed by atoms with Crippen LogP contribution in [0.25, 0.3) is 10.9 Å². The lowest BCUT2D eigenvalue weighted by Gasteiger charge is -2.20. The lowest BCUT2D eigenvalue weighted by Crippen LogP contribution is -2.34. The topological polar surface area (TPSA) is 48.5 Å². The molecule has 0 bridgehead atoms. The molecule has 1 heterocycles. The van der Waals surface area contributed by atoms with Gasteiger partial charge in [-0.25, -0.2) is 0 Å². The fourth-order valence-electron chi connectivity index (χ4n) is 2.12. The van der Waals surface area contributed by atoms with Crippen molar-refractivity contribution in [2.75, 3.05) is 38.8 Å². The van der Waals surface area contributed by atoms with E-state index in [2.05, 4.69) is 16.1 Å². The van der Waals surface area contributed by atoms with Gasteiger partial charge in [-0.1, -0.05) is 6.07 Å². The van der Waals surface area contributed by atoms with E-state index in [1.807, 2.05) is 49.3 Å². The Bertz CT molecular complexity index is 529. The first-order chi connectivity index (χ1) is 9.70. The van der Waals surface area contributed by atoms with Gasteiger partial charge in [0.15, 0.2) is 0 Å². The maximum absolute atomic E-state index is 10.0. The van der Waals surface area contributed by atoms with Crippen LogP contribution < -0.4 is 4.74 Å². The Hall–Kier alpha value is -1.17. The molecule has 0 aliphatic heterocycles. The number of hydrogen-bond donors (Lipinski definition) is 2. The van der Waals surface area contributed by atoms with E-state index < -0.39 is 6.10 Å². The molecule has 0 saturated heterocycles. The predicted molar refractivity (Wildman–Crippen MR) is 85.7 cm³/mol. The van der Waals surface area contributed by atoms with E-state index in [1.54, 1.807) is 0 Å². The van der Waals surface area contributed by atoms with Crippen LogP contribution in [0.2, 0.25) is 0 Å². The summed E-state index contributed by atoms with van der Waals surface area (Å²) in [5, 5.41) is 11.1. The molecule has 0 amide bonds. The number of aliphatic hydroxyl groups is 1. The predicted octanol–water partition coefficient (Wildman–Crippen LogP) is 2.20. The van der Waals surface area contributed by atoms with Crippen molar-refractivity contribution in [3.05, 3.63) is 30.5 Å². The molecule has 1 atom stereocenters. The van der Waals surface area contributed by atoms with Crippen LogP contribution in [-0.2, 0) is 0 Å². The molecule has 2 rings (SSSR count). The maximum atomic E-state index is 10.0. The van der Waals surface area contributed by atoms with Gasteiger partial charge in [0, 0.05) is 35.9 Å². The van der Waals surface area contributed by atoms with E-state index in [0.29, 0.717) is 13.2 Å². The highest BCUT2D eigenvalue weighted by Crippen LogP contribution is 2.24. The van der Waals surface area contributed by atoms with Crippen LogP contribution in [0.1, 0.15) is 0 Å². The summed E-state index contributed by atoms with van der Waals surface area (Å²) in [4.78, 5) is 5.28. The first kappa shape index (κ1) is 15.2. The van der Waals surface area contributed by atoms with Crippen LogP contribution in [0, 0.1) is 0 Å². The quantitative estimate of drug-likeness (QED) is 0.783. The molecular weight excluding hydrogens is 272 g/mol. The molecule has 0 radical (unpaired) electrons. The number of nitrogens with zero attached hydrogens (tertiary/aromatic N) is 1. The molecular formula is C15H22N2O2S. The Labute approximate surface area is 124 Å². The Morgan fingerprint density at radius 3 is 3.05 bits per heavy atom. The third-order valence-corrected chi connectivity index (χ3v) is 3.78. The summed E-state index contributed by atoms with van der Waals surface area (Å²) in [5.41, 5.74) is 1.05. The molecule has 1 aromatic heterocycles. The second kappa shape index (κ2) is 7.57. The number of hydrogen-bond acceptors (Lipinski definition) is 4. The van der Waals surface area contributed by atoms with Gasteiger partial charge in [0.1, 0.15) is 18.5 Å². The highest BCUT2D eigenvalue weighted by atomic mass is 32.2. The Balaban J connectivity index is 1.84. The highest BCUT2D eigenvalue weighted by Gasteiger charge is 2.10. The van der Waals surface area contributed by atoms with Crippen molar-refractivity contribution in [1.82, 2.24) is 9.88 Å². The smallest absolute Gasteiger partial charge is 0.128 e. The average molecular weight is 294 g/mol. The molecule has 4 nitrogen and oxygen atoms in total. The van der Waals surface area contributed by atoms with E-state index in [0.717, 1.165) is 29.0 Å². The molecule has 0 saturated carbocycles. The number of aromatic nitrogens is 1. The first-order valence-corrected chi connectivity index (χ1v) is 8.14. The minimum atomic E-state index is -0.476. The summed E-state index contributed by atoms with van der Waals surface area (Å²) in [6, 6.07) is 7.88. The van der Waals surface area contributed by atoms with Crippen molar-refractivity contribution in [2.24, 2.45) is 0 Å². The van der Waals surface area contributed by atoms with E-state index in [9.17, 15) is 5.11 Å². The van der Waals surface area contributed by atoms with Crippen LogP contribution in [0.4, 0.5) is 0 Å². The molecule has 20 heavy (non-hydrogen) atoms. The second-order valence-corrected chi connectivity index (χ2v) is 5.90. The summed E-state index contributed by atoms with van der Waals surface area (Å²) in [5.74, 6) is 1.89. The van der Waals surface area contributed by atoms with Crippen molar-refractivity contribution >= 4 is 22.7 Å². The zero-order chi connectivity index (χ0) is 14.4. The van der Waals surface area contributed by atoms with Gasteiger partial charge in [-0.2, -0.15) is 11.8 Å². The molecule has 0 fully saturated rings. The minimum Gasteiger partial charge on any atom is -0.490 e. The summed E-state index contributed by atoms with van der Waals surface area (Å²) in [6.45, 7) is 1.92. The van der Waals surface area contributed by atoms with Gasteiger partial charge in [0.25, 0.3) is 0 Å². The third-order valence-electron chi connectivity index (χ3n) is 3.19. The van der Waals surface area contributed by atoms with Crippen molar-refractivity contribution in [3.63, 3.8) is 0 Å². The number of ether oxygens (including phenoxy) is 1. The number of nitrogens with one attached hydrogen (secondary N) is 1. The van der Waals surface area contributed by atoms with Crippen LogP contribution >= 0.6 is 11.8 Å². The SMILES string of the molecule is CSCCN(C)CC(O)COc1cccc2[nH]ccc12. The molecule has 2 N–H and O–H groups in total. The van der Waals surface area contributed by atoms with Gasteiger partial charge in [-0.15, -0.1) is 0 Å². The molecule has 110 valence electrons. The number of fused-ring (bicyclic) bond motifs is 1. The zero-order valence-electron chi connectivity index (χ0n) is 12.0. The van der Waals surface area contributed by atoms with E-state index in [-0.39, 0.29) is 0 Å². The summed E-state index contributed by atoms with van der Waals surface area (Å²) < 4.78 is 5.74. The van der Waals surface area contributed by atoms with E-state index >= 15 is 0 Å². The molecule has 2 aromatic rings. The van der Waals surface area contributed by atoms with Crippen molar-refractivity contribution in [2.45, 2.75) is 6.10 Å². The van der Waals surface area contributed by atoms with Crippen LogP contribution in [-0.4, -0.2) is 59.8 Å². The molecule has 1 unspecified atom stereocenters. The van der Waals surface area contributed by atoms with Gasteiger partial charge in [-0.3, -0.25) is 0 Å². The van der Waals surface area contributed by atoms with Gasteiger partial charge >= 0.3 is 0 Å². The Morgan fingerprint density at radius 2 is 2.25 bits per heavy atom. The van der Waals surface area contributed by atoms with Gasteiger partial charge in [-0.05, 0) is 31.5 Å². The minimum absolute atomic E-state index is 0.313. The van der Waals surface area contributed by atoms with Gasteiger partial charge in [0.2, 0.25) is 0 Å². The summed E-state index contributed by atoms with van der Waals surface area (Å²) in [7, 11) is 2.02. The molecule has 5 heteroatoms. The maximum Gasteiger partial charge on any atom is 0.128 e. The summed E-state index contributed by atoms with van der Waals surface area (Å²) >= 11 is 1.81. The number of likely N-dealkylation sites (N-methyl/N-ethyl adjacent to an activating group) is 1. The number of aliphatic hydroxyl groups excluding tert-OH is 1. The number of benzene rings is 1. The lowest BCUT2D eigenvalue weighted by molar-refractivity contribution is 0.0788. The monoisotopic (exact) mass is 294 g/mol. The number of H-pyrrole nitrogens is 1. The molecule has 0 aliphatic rings. The van der Waals surface area contributed by atoms with Gasteiger partial charge in [0.05, 0.1) is 0 Å². The third kappa shape index (κ3) is 4.16.